The summed E-state index contributed by atoms with van der Waals surface area (Å²) in [6.07, 6.45) is 1.11. The molecule has 1 aromatic carbocycles. The highest BCUT2D eigenvalue weighted by Gasteiger charge is 1.92. The normalized spacial score (nSPS) is 9.33. The summed E-state index contributed by atoms with van der Waals surface area (Å²) in [6, 6.07) is 8.76. The lowest BCUT2D eigenvalue weighted by atomic mass is 10.1. The first-order chi connectivity index (χ1) is 7.36. The van der Waals surface area contributed by atoms with Crippen molar-refractivity contribution in [3.8, 4) is 0 Å². The Morgan fingerprint density at radius 2 is 1.40 bits per heavy atom. The molecule has 0 unspecified atom stereocenters. The molecule has 1 aromatic rings. The first-order valence-electron chi connectivity index (χ1n) is 5.74. The van der Waals surface area contributed by atoms with E-state index in [4.69, 9.17) is 0 Å². The van der Waals surface area contributed by atoms with Crippen LogP contribution in [0.3, 0.4) is 0 Å². The Kier molecular flexibility index (Phi) is 9.13. The molecule has 0 aliphatic heterocycles. The van der Waals surface area contributed by atoms with Crippen molar-refractivity contribution in [2.75, 3.05) is 20.6 Å². The zero-order valence-electron chi connectivity index (χ0n) is 10.4. The van der Waals surface area contributed by atoms with Crippen molar-refractivity contribution >= 4 is 0 Å². The van der Waals surface area contributed by atoms with E-state index >= 15 is 0 Å². The van der Waals surface area contributed by atoms with E-state index in [9.17, 15) is 0 Å². The van der Waals surface area contributed by atoms with Crippen LogP contribution in [-0.2, 0) is 13.0 Å². The van der Waals surface area contributed by atoms with Gasteiger partial charge in [-0.25, -0.2) is 0 Å². The Balaban J connectivity index is 0.000000921. The molecule has 86 valence electrons. The minimum absolute atomic E-state index is 0.951. The van der Waals surface area contributed by atoms with Crippen LogP contribution in [0.5, 0.6) is 0 Å². The Hall–Kier alpha value is -0.860. The standard InChI is InChI=1S/C11H18N2.C2H6/c1-12-8-7-10-3-5-11(6-4-10)9-13-2;1-2/h3-6,12-13H,7-9H2,1-2H3;1-2H3. The molecule has 15 heavy (non-hydrogen) atoms. The van der Waals surface area contributed by atoms with Crippen molar-refractivity contribution in [3.05, 3.63) is 35.4 Å². The molecular weight excluding hydrogens is 184 g/mol. The van der Waals surface area contributed by atoms with E-state index in [0.717, 1.165) is 19.5 Å². The molecule has 0 radical (unpaired) electrons. The molecule has 0 heterocycles. The maximum Gasteiger partial charge on any atom is 0.0202 e. The van der Waals surface area contributed by atoms with Crippen molar-refractivity contribution < 1.29 is 0 Å². The summed E-state index contributed by atoms with van der Waals surface area (Å²) in [6.45, 7) is 6.00. The number of hydrogen-bond donors (Lipinski definition) is 2. The van der Waals surface area contributed by atoms with Crippen LogP contribution in [0, 0.1) is 0 Å². The zero-order valence-corrected chi connectivity index (χ0v) is 10.4. The first kappa shape index (κ1) is 14.1. The molecule has 0 aromatic heterocycles. The number of rotatable bonds is 5. The molecule has 0 saturated carbocycles. The Morgan fingerprint density at radius 1 is 0.867 bits per heavy atom. The minimum Gasteiger partial charge on any atom is -0.319 e. The van der Waals surface area contributed by atoms with Crippen molar-refractivity contribution in [1.29, 1.82) is 0 Å². The van der Waals surface area contributed by atoms with Gasteiger partial charge in [0, 0.05) is 6.54 Å². The average Bonchev–Trinajstić information content (AvgIpc) is 2.31. The van der Waals surface area contributed by atoms with Crippen LogP contribution in [0.25, 0.3) is 0 Å². The van der Waals surface area contributed by atoms with E-state index < -0.39 is 0 Å². The second kappa shape index (κ2) is 9.69. The van der Waals surface area contributed by atoms with Gasteiger partial charge in [-0.15, -0.1) is 0 Å². The molecular formula is C13H24N2. The molecule has 2 nitrogen and oxygen atoms in total. The van der Waals surface area contributed by atoms with E-state index in [2.05, 4.69) is 34.9 Å². The van der Waals surface area contributed by atoms with Crippen molar-refractivity contribution in [2.45, 2.75) is 26.8 Å². The summed E-state index contributed by atoms with van der Waals surface area (Å²) in [5, 5.41) is 6.28. The van der Waals surface area contributed by atoms with E-state index in [0.29, 0.717) is 0 Å². The lowest BCUT2D eigenvalue weighted by Gasteiger charge is -2.03. The van der Waals surface area contributed by atoms with Crippen LogP contribution >= 0.6 is 0 Å². The summed E-state index contributed by atoms with van der Waals surface area (Å²) >= 11 is 0. The monoisotopic (exact) mass is 208 g/mol. The van der Waals surface area contributed by atoms with Crippen molar-refractivity contribution in [2.24, 2.45) is 0 Å². The van der Waals surface area contributed by atoms with Crippen LogP contribution in [0.15, 0.2) is 24.3 Å². The number of nitrogens with one attached hydrogen (secondary N) is 2. The maximum absolute atomic E-state index is 3.14. The molecule has 0 bridgehead atoms. The molecule has 2 heteroatoms. The minimum atomic E-state index is 0.951. The van der Waals surface area contributed by atoms with Gasteiger partial charge in [-0.3, -0.25) is 0 Å². The van der Waals surface area contributed by atoms with Crippen LogP contribution in [-0.4, -0.2) is 20.6 Å². The fourth-order valence-electron chi connectivity index (χ4n) is 1.30. The van der Waals surface area contributed by atoms with E-state index in [1.165, 1.54) is 11.1 Å². The number of hydrogen-bond acceptors (Lipinski definition) is 2. The third-order valence-corrected chi connectivity index (χ3v) is 2.07. The van der Waals surface area contributed by atoms with E-state index in [-0.39, 0.29) is 0 Å². The number of benzene rings is 1. The highest BCUT2D eigenvalue weighted by atomic mass is 14.8. The Morgan fingerprint density at radius 3 is 1.87 bits per heavy atom. The third kappa shape index (κ3) is 6.26. The first-order valence-corrected chi connectivity index (χ1v) is 5.74. The van der Waals surface area contributed by atoms with E-state index in [1.54, 1.807) is 0 Å². The lowest BCUT2D eigenvalue weighted by molar-refractivity contribution is 0.788. The largest absolute Gasteiger partial charge is 0.319 e. The molecule has 0 atom stereocenters. The summed E-state index contributed by atoms with van der Waals surface area (Å²) in [5.41, 5.74) is 2.74. The van der Waals surface area contributed by atoms with Gasteiger partial charge in [0.2, 0.25) is 0 Å². The molecule has 0 aliphatic carbocycles. The molecule has 0 spiro atoms. The maximum atomic E-state index is 3.14. The quantitative estimate of drug-likeness (QED) is 0.775. The van der Waals surface area contributed by atoms with Gasteiger partial charge >= 0.3 is 0 Å². The molecule has 0 fully saturated rings. The van der Waals surface area contributed by atoms with Crippen molar-refractivity contribution in [3.63, 3.8) is 0 Å². The smallest absolute Gasteiger partial charge is 0.0202 e. The van der Waals surface area contributed by atoms with Crippen LogP contribution in [0.1, 0.15) is 25.0 Å². The summed E-state index contributed by atoms with van der Waals surface area (Å²) in [7, 11) is 3.95. The zero-order chi connectivity index (χ0) is 11.5. The molecule has 0 saturated heterocycles. The summed E-state index contributed by atoms with van der Waals surface area (Å²) in [4.78, 5) is 0. The van der Waals surface area contributed by atoms with Gasteiger partial charge < -0.3 is 10.6 Å². The SMILES string of the molecule is CC.CNCCc1ccc(CNC)cc1. The third-order valence-electron chi connectivity index (χ3n) is 2.07. The van der Waals surface area contributed by atoms with Gasteiger partial charge in [-0.2, -0.15) is 0 Å². The topological polar surface area (TPSA) is 24.1 Å². The van der Waals surface area contributed by atoms with Gasteiger partial charge in [-0.05, 0) is 38.2 Å². The summed E-state index contributed by atoms with van der Waals surface area (Å²) < 4.78 is 0. The molecule has 1 rings (SSSR count). The second-order valence-corrected chi connectivity index (χ2v) is 3.20. The van der Waals surface area contributed by atoms with Gasteiger partial charge in [0.15, 0.2) is 0 Å². The molecule has 2 N–H and O–H groups in total. The van der Waals surface area contributed by atoms with Gasteiger partial charge in [0.1, 0.15) is 0 Å². The number of likely N-dealkylation sites (N-methyl/N-ethyl adjacent to an activating group) is 1. The lowest BCUT2D eigenvalue weighted by Crippen LogP contribution is -2.10. The van der Waals surface area contributed by atoms with Gasteiger partial charge in [-0.1, -0.05) is 38.1 Å². The van der Waals surface area contributed by atoms with Crippen LogP contribution in [0.2, 0.25) is 0 Å². The van der Waals surface area contributed by atoms with Gasteiger partial charge in [0.25, 0.3) is 0 Å². The highest BCUT2D eigenvalue weighted by molar-refractivity contribution is 5.22. The van der Waals surface area contributed by atoms with Gasteiger partial charge in [0.05, 0.1) is 0 Å². The average molecular weight is 208 g/mol. The fraction of sp³-hybridized carbons (Fsp3) is 0.538. The molecule has 0 amide bonds. The predicted molar refractivity (Wildman–Crippen MR) is 68.2 cm³/mol. The van der Waals surface area contributed by atoms with Crippen molar-refractivity contribution in [1.82, 2.24) is 10.6 Å². The Bertz CT molecular complexity index is 229. The predicted octanol–water partition coefficient (Wildman–Crippen LogP) is 2.19. The van der Waals surface area contributed by atoms with Crippen LogP contribution < -0.4 is 10.6 Å². The summed E-state index contributed by atoms with van der Waals surface area (Å²) in [5.74, 6) is 0. The Labute approximate surface area is 94.1 Å². The fourth-order valence-corrected chi connectivity index (χ4v) is 1.30. The van der Waals surface area contributed by atoms with E-state index in [1.807, 2.05) is 27.9 Å². The molecule has 0 aliphatic rings. The highest BCUT2D eigenvalue weighted by Crippen LogP contribution is 2.04. The second-order valence-electron chi connectivity index (χ2n) is 3.20. The van der Waals surface area contributed by atoms with Crippen LogP contribution in [0.4, 0.5) is 0 Å².